The molecule has 0 saturated heterocycles. The average molecular weight is 434 g/mol. The lowest BCUT2D eigenvalue weighted by Gasteiger charge is -2.53. The molecule has 1 N–H and O–H groups in total. The van der Waals surface area contributed by atoms with Crippen LogP contribution in [0.15, 0.2) is 47.1 Å². The second kappa shape index (κ2) is 7.63. The Bertz CT molecular complexity index is 1170. The van der Waals surface area contributed by atoms with Gasteiger partial charge in [0.15, 0.2) is 5.78 Å². The van der Waals surface area contributed by atoms with Crippen molar-refractivity contribution < 1.29 is 14.0 Å². The molecule has 32 heavy (non-hydrogen) atoms. The minimum atomic E-state index is -2.19. The molecular formula is C29H35NO2. The lowest BCUT2D eigenvalue weighted by atomic mass is 9.51. The summed E-state index contributed by atoms with van der Waals surface area (Å²) in [7, 11) is 1.59. The molecule has 5 atom stereocenters. The van der Waals surface area contributed by atoms with E-state index in [0.29, 0.717) is 30.4 Å². The highest BCUT2D eigenvalue weighted by Gasteiger charge is 2.62. The van der Waals surface area contributed by atoms with E-state index >= 15 is 0 Å². The molecule has 0 heterocycles. The number of rotatable bonds is 2. The van der Waals surface area contributed by atoms with Gasteiger partial charge in [-0.1, -0.05) is 30.6 Å². The zero-order chi connectivity index (χ0) is 25.2. The number of allylic oxidation sites excluding steroid dienone is 4. The highest BCUT2D eigenvalue weighted by Crippen LogP contribution is 2.66. The molecule has 0 aromatic heterocycles. The van der Waals surface area contributed by atoms with Crippen LogP contribution in [-0.4, -0.2) is 30.5 Å². The molecule has 5 rings (SSSR count). The van der Waals surface area contributed by atoms with E-state index < -0.39 is 12.6 Å². The molecule has 3 heteroatoms. The summed E-state index contributed by atoms with van der Waals surface area (Å²) in [6, 6.07) is 7.91. The number of fused-ring (bicyclic) bond motifs is 4. The lowest BCUT2D eigenvalue weighted by molar-refractivity contribution is -0.114. The summed E-state index contributed by atoms with van der Waals surface area (Å²) in [6.07, 6.45) is 7.63. The highest BCUT2D eigenvalue weighted by atomic mass is 16.3. The molecule has 0 bridgehead atoms. The van der Waals surface area contributed by atoms with Gasteiger partial charge in [0.25, 0.3) is 0 Å². The lowest BCUT2D eigenvalue weighted by Crippen LogP contribution is -2.51. The average Bonchev–Trinajstić information content (AvgIpc) is 3.07. The maximum absolute atomic E-state index is 12.2. The first kappa shape index (κ1) is 18.2. The molecule has 1 aromatic rings. The number of hydrogen-bond acceptors (Lipinski definition) is 3. The fourth-order valence-electron chi connectivity index (χ4n) is 7.31. The van der Waals surface area contributed by atoms with Crippen LogP contribution in [0, 0.1) is 29.1 Å². The van der Waals surface area contributed by atoms with Crippen LogP contribution in [-0.2, 0) is 4.79 Å². The van der Waals surface area contributed by atoms with E-state index in [9.17, 15) is 9.90 Å². The van der Waals surface area contributed by atoms with Crippen LogP contribution in [0.5, 0.6) is 0 Å². The van der Waals surface area contributed by atoms with Gasteiger partial charge in [0, 0.05) is 41.6 Å². The van der Waals surface area contributed by atoms with Crippen LogP contribution >= 0.6 is 0 Å². The molecular weight excluding hydrogens is 395 g/mol. The Morgan fingerprint density at radius 1 is 1.19 bits per heavy atom. The predicted molar refractivity (Wildman–Crippen MR) is 129 cm³/mol. The Morgan fingerprint density at radius 2 is 1.97 bits per heavy atom. The van der Waals surface area contributed by atoms with E-state index in [0.717, 1.165) is 37.7 Å². The standard InChI is InChI=1S/C29H35NO2/c1-5-15-29(32)16-14-26-24-12-8-20-17-22(31)11-13-23(20)27(24)25(18-28(26,29)2)19-6-9-21(10-7-19)30(3)4/h6-7,9-10,17,24-26,32H,8,11-14,16,18H2,1-4H3/t24-,25+,26-,28-,29-/m0/s1/i3+1D3. The molecule has 0 aliphatic heterocycles. The van der Waals surface area contributed by atoms with Gasteiger partial charge in [-0.05, 0) is 92.2 Å². The van der Waals surface area contributed by atoms with Crippen molar-refractivity contribution in [3.63, 3.8) is 0 Å². The van der Waals surface area contributed by atoms with Gasteiger partial charge in [0.2, 0.25) is 0 Å². The third-order valence-electron chi connectivity index (χ3n) is 8.90. The molecule has 168 valence electrons. The number of nitrogens with zero attached hydrogens (tertiary/aromatic N) is 1. The summed E-state index contributed by atoms with van der Waals surface area (Å²) < 4.78 is 23.2. The van der Waals surface area contributed by atoms with Crippen LogP contribution in [0.1, 0.15) is 74.4 Å². The molecule has 2 saturated carbocycles. The van der Waals surface area contributed by atoms with Crippen molar-refractivity contribution in [3.05, 3.63) is 52.6 Å². The Labute approximate surface area is 196 Å². The van der Waals surface area contributed by atoms with Gasteiger partial charge in [-0.15, -0.1) is 5.92 Å². The van der Waals surface area contributed by atoms with Gasteiger partial charge in [-0.25, -0.2) is 0 Å². The number of carbonyl (C=O) groups excluding carboxylic acids is 1. The van der Waals surface area contributed by atoms with Gasteiger partial charge in [0.1, 0.15) is 5.60 Å². The Kier molecular flexibility index (Phi) is 4.33. The maximum atomic E-state index is 12.2. The fraction of sp³-hybridized carbons (Fsp3) is 0.552. The largest absolute Gasteiger partial charge is 0.378 e. The molecule has 0 spiro atoms. The van der Waals surface area contributed by atoms with Gasteiger partial charge in [-0.3, -0.25) is 4.79 Å². The number of anilines is 1. The number of aliphatic hydroxyl groups is 1. The minimum absolute atomic E-state index is 0.114. The van der Waals surface area contributed by atoms with E-state index in [2.05, 4.69) is 30.9 Å². The third-order valence-corrected chi connectivity index (χ3v) is 8.90. The first-order valence-corrected chi connectivity index (χ1v) is 12.0. The Hall–Kier alpha value is -2.31. The van der Waals surface area contributed by atoms with E-state index in [-0.39, 0.29) is 17.1 Å². The summed E-state index contributed by atoms with van der Waals surface area (Å²) in [4.78, 5) is 13.5. The third kappa shape index (κ3) is 3.11. The van der Waals surface area contributed by atoms with Crippen molar-refractivity contribution in [1.29, 1.82) is 0 Å². The molecule has 4 aliphatic rings. The zero-order valence-electron chi connectivity index (χ0n) is 22.4. The minimum Gasteiger partial charge on any atom is -0.378 e. The van der Waals surface area contributed by atoms with Crippen LogP contribution in [0.4, 0.5) is 5.69 Å². The second-order valence-electron chi connectivity index (χ2n) is 10.4. The number of ketones is 1. The van der Waals surface area contributed by atoms with Crippen molar-refractivity contribution in [2.75, 3.05) is 18.9 Å². The van der Waals surface area contributed by atoms with E-state index in [1.807, 2.05) is 18.2 Å². The van der Waals surface area contributed by atoms with Crippen LogP contribution < -0.4 is 4.90 Å². The summed E-state index contributed by atoms with van der Waals surface area (Å²) in [5.41, 5.74) is 4.52. The highest BCUT2D eigenvalue weighted by molar-refractivity contribution is 5.93. The first-order chi connectivity index (χ1) is 16.5. The summed E-state index contributed by atoms with van der Waals surface area (Å²) in [5, 5.41) is 11.8. The second-order valence-corrected chi connectivity index (χ2v) is 10.4. The van der Waals surface area contributed by atoms with Crippen LogP contribution in [0.2, 0.25) is 0 Å². The molecule has 4 aliphatic carbocycles. The number of benzene rings is 1. The zero-order valence-corrected chi connectivity index (χ0v) is 19.4. The summed E-state index contributed by atoms with van der Waals surface area (Å²) >= 11 is 0. The Balaban J connectivity index is 1.63. The molecule has 0 unspecified atom stereocenters. The van der Waals surface area contributed by atoms with Crippen molar-refractivity contribution in [1.82, 2.24) is 0 Å². The quantitative estimate of drug-likeness (QED) is 0.501. The summed E-state index contributed by atoms with van der Waals surface area (Å²) in [6.45, 7) is 1.84. The van der Waals surface area contributed by atoms with E-state index in [4.69, 9.17) is 4.11 Å². The number of hydrogen-bond donors (Lipinski definition) is 1. The monoisotopic (exact) mass is 433 g/mol. The first-order valence-electron chi connectivity index (χ1n) is 13.5. The molecule has 2 fully saturated rings. The SMILES string of the molecule is [2H][13C]([2H])([2H])N(C)c1ccc([C@H]2C[C@@]3(C)[C@@H](CC[C@@]3(O)C#CC)[C@@H]3CCC4=CC(=O)CCC4=C32)cc1. The molecule has 3 nitrogen and oxygen atoms in total. The van der Waals surface area contributed by atoms with Crippen LogP contribution in [0.3, 0.4) is 0 Å². The van der Waals surface area contributed by atoms with Gasteiger partial charge in [-0.2, -0.15) is 0 Å². The molecule has 1 aromatic carbocycles. The molecule has 0 amide bonds. The fourth-order valence-corrected chi connectivity index (χ4v) is 7.31. The van der Waals surface area contributed by atoms with Crippen molar-refractivity contribution >= 4 is 11.5 Å². The van der Waals surface area contributed by atoms with Gasteiger partial charge in [0.05, 0.1) is 0 Å². The topological polar surface area (TPSA) is 40.5 Å². The van der Waals surface area contributed by atoms with E-state index in [1.165, 1.54) is 21.6 Å². The molecule has 0 radical (unpaired) electrons. The van der Waals surface area contributed by atoms with Gasteiger partial charge >= 0.3 is 0 Å². The Morgan fingerprint density at radius 3 is 2.69 bits per heavy atom. The van der Waals surface area contributed by atoms with E-state index in [1.54, 1.807) is 14.0 Å². The number of carbonyl (C=O) groups is 1. The van der Waals surface area contributed by atoms with Crippen LogP contribution in [0.25, 0.3) is 0 Å². The predicted octanol–water partition coefficient (Wildman–Crippen LogP) is 5.41. The normalized spacial score (nSPS) is 37.6. The smallest absolute Gasteiger partial charge is 0.156 e. The van der Waals surface area contributed by atoms with Gasteiger partial charge < -0.3 is 10.0 Å². The van der Waals surface area contributed by atoms with Crippen molar-refractivity contribution in [3.8, 4) is 11.8 Å². The summed E-state index contributed by atoms with van der Waals surface area (Å²) in [5.74, 6) is 7.28. The maximum Gasteiger partial charge on any atom is 0.156 e. The van der Waals surface area contributed by atoms with Crippen molar-refractivity contribution in [2.24, 2.45) is 17.3 Å². The van der Waals surface area contributed by atoms with Crippen molar-refractivity contribution in [2.45, 2.75) is 70.3 Å².